The molecular weight excluding hydrogens is 686 g/mol. The maximum atomic E-state index is 14.4. The molecule has 0 saturated carbocycles. The average Bonchev–Trinajstić information content (AvgIpc) is 3.44. The molecule has 5 saturated heterocycles. The molecule has 53 heavy (non-hydrogen) atoms. The maximum absolute atomic E-state index is 14.4. The van der Waals surface area contributed by atoms with Crippen LogP contribution in [0.2, 0.25) is 0 Å². The number of rotatable bonds is 9. The van der Waals surface area contributed by atoms with Gasteiger partial charge in [-0.3, -0.25) is 9.69 Å². The Morgan fingerprint density at radius 1 is 0.981 bits per heavy atom. The molecule has 5 rings (SSSR count). The Morgan fingerprint density at radius 3 is 2.26 bits per heavy atom. The van der Waals surface area contributed by atoms with Crippen molar-refractivity contribution in [3.63, 3.8) is 0 Å². The van der Waals surface area contributed by atoms with Crippen molar-refractivity contribution in [2.24, 2.45) is 23.7 Å². The van der Waals surface area contributed by atoms with Gasteiger partial charge < -0.3 is 53.6 Å². The van der Waals surface area contributed by atoms with E-state index in [0.29, 0.717) is 12.8 Å². The van der Waals surface area contributed by atoms with Gasteiger partial charge in [0.2, 0.25) is 0 Å². The summed E-state index contributed by atoms with van der Waals surface area (Å²) < 4.78 is 45.6. The number of cyclic esters (lactones) is 1. The van der Waals surface area contributed by atoms with Gasteiger partial charge in [-0.1, -0.05) is 34.1 Å². The first-order valence-electron chi connectivity index (χ1n) is 20.3. The molecule has 5 fully saturated rings. The van der Waals surface area contributed by atoms with E-state index in [1.54, 1.807) is 34.8 Å². The molecule has 5 heterocycles. The van der Waals surface area contributed by atoms with E-state index in [1.165, 1.54) is 13.3 Å². The molecule has 13 nitrogen and oxygen atoms in total. The van der Waals surface area contributed by atoms with Crippen molar-refractivity contribution in [3.8, 4) is 0 Å². The van der Waals surface area contributed by atoms with Crippen LogP contribution in [-0.2, 0) is 38.0 Å². The summed E-state index contributed by atoms with van der Waals surface area (Å²) in [5, 5.41) is 45.8. The Balaban J connectivity index is 1.57. The van der Waals surface area contributed by atoms with Gasteiger partial charge in [0.05, 0.1) is 53.7 Å². The number of hydrogen-bond acceptors (Lipinski definition) is 13. The second-order valence-corrected chi connectivity index (χ2v) is 17.9. The van der Waals surface area contributed by atoms with Crippen LogP contribution >= 0.6 is 0 Å². The Kier molecular flexibility index (Phi) is 13.7. The number of piperidine rings is 1. The van der Waals surface area contributed by atoms with Gasteiger partial charge in [-0.25, -0.2) is 0 Å². The van der Waals surface area contributed by atoms with Crippen molar-refractivity contribution in [2.45, 2.75) is 205 Å². The second-order valence-electron chi connectivity index (χ2n) is 17.9. The third-order valence-corrected chi connectivity index (χ3v) is 13.6. The Hall–Kier alpha value is -0.970. The minimum atomic E-state index is -1.78. The van der Waals surface area contributed by atoms with Crippen LogP contribution in [0.1, 0.15) is 114 Å². The number of carbonyl (C=O) groups is 1. The monoisotopic (exact) mass is 757 g/mol. The van der Waals surface area contributed by atoms with Crippen molar-refractivity contribution >= 4 is 5.97 Å². The zero-order valence-electron chi connectivity index (χ0n) is 34.1. The summed E-state index contributed by atoms with van der Waals surface area (Å²) in [7, 11) is 1.54. The fourth-order valence-electron chi connectivity index (χ4n) is 10.3. The Bertz CT molecular complexity index is 1220. The van der Waals surface area contributed by atoms with Gasteiger partial charge in [0.1, 0.15) is 23.9 Å². The first-order valence-corrected chi connectivity index (χ1v) is 20.3. The second kappa shape index (κ2) is 16.9. The van der Waals surface area contributed by atoms with Crippen LogP contribution in [0.3, 0.4) is 0 Å². The molecule has 4 N–H and O–H groups in total. The van der Waals surface area contributed by atoms with Gasteiger partial charge in [-0.2, -0.15) is 0 Å². The molecule has 0 aromatic rings. The summed E-state index contributed by atoms with van der Waals surface area (Å²) in [6.45, 7) is 20.4. The maximum Gasteiger partial charge on any atom is 0.311 e. The number of ether oxygens (including phenoxy) is 7. The largest absolute Gasteiger partial charge is 0.459 e. The lowest BCUT2D eigenvalue weighted by Crippen LogP contribution is -2.61. The normalized spacial score (nSPS) is 49.4. The number of methoxy groups -OCH3 is 1. The fraction of sp³-hybridized carbons (Fsp3) is 0.975. The van der Waals surface area contributed by atoms with Gasteiger partial charge in [0, 0.05) is 31.4 Å². The molecule has 0 radical (unpaired) electrons. The molecule has 13 heteroatoms. The molecule has 5 aliphatic rings. The van der Waals surface area contributed by atoms with Gasteiger partial charge in [0.15, 0.2) is 12.6 Å². The highest BCUT2D eigenvalue weighted by atomic mass is 16.7. The van der Waals surface area contributed by atoms with Crippen molar-refractivity contribution in [1.82, 2.24) is 4.90 Å². The number of carbonyl (C=O) groups excluding carboxylic acids is 1. The summed E-state index contributed by atoms with van der Waals surface area (Å²) in [4.78, 5) is 16.7. The smallest absolute Gasteiger partial charge is 0.311 e. The standard InChI is InChI=1S/C40H71NO12/c1-12-28(42)40(10,46)35-23(4)31-21(2)19-39(9,53-31)34(52-37-30(43)27(18-22(3)48-37)41-16-14-13-15-17-41)24(5)32(25(6)36(45)51-35)50-29-20-38(8,47-11)33(44)26(7)49-29/h21-35,37,42-44,46H,12-20H2,1-11H3/t21?,22?,23-,24-,25+,26?,27?,28+,29-,30?,31?,32-,33-,34+,35+,37-,38?,39+,40+/m0/s1. The number of fused-ring (bicyclic) bond motifs is 2. The van der Waals surface area contributed by atoms with Crippen LogP contribution in [0.25, 0.3) is 0 Å². The minimum absolute atomic E-state index is 0.0519. The van der Waals surface area contributed by atoms with Crippen LogP contribution in [0.4, 0.5) is 0 Å². The number of aliphatic hydroxyl groups is 4. The van der Waals surface area contributed by atoms with Gasteiger partial charge in [-0.15, -0.1) is 0 Å². The molecule has 19 atom stereocenters. The zero-order valence-corrected chi connectivity index (χ0v) is 34.1. The molecule has 2 bridgehead atoms. The molecule has 0 aromatic heterocycles. The SMILES string of the molecule is CC[C@@H](O)[C@@](C)(O)[C@@H]1OC(=O)[C@H](C)[C@@H](O[C@H]2CC(C)(OC)[C@@H](O)C(C)O2)[C@H](C)[C@@H](O[C@@H]2OC(C)CC(N3CCCCC3)C2O)[C@@]2(C)CC(C)C(O2)[C@@H]1C. The number of likely N-dealkylation sites (tertiary alicyclic amines) is 1. The van der Waals surface area contributed by atoms with E-state index < -0.39 is 102 Å². The lowest BCUT2D eigenvalue weighted by atomic mass is 9.76. The van der Waals surface area contributed by atoms with E-state index in [2.05, 4.69) is 11.8 Å². The van der Waals surface area contributed by atoms with E-state index in [4.69, 9.17) is 33.2 Å². The predicted molar refractivity (Wildman–Crippen MR) is 196 cm³/mol. The first-order chi connectivity index (χ1) is 24.8. The molecule has 0 amide bonds. The highest BCUT2D eigenvalue weighted by molar-refractivity contribution is 5.73. The summed E-state index contributed by atoms with van der Waals surface area (Å²) in [5.41, 5.74) is -3.71. The van der Waals surface area contributed by atoms with Crippen molar-refractivity contribution in [2.75, 3.05) is 20.2 Å². The van der Waals surface area contributed by atoms with Crippen molar-refractivity contribution in [1.29, 1.82) is 0 Å². The van der Waals surface area contributed by atoms with E-state index in [1.807, 2.05) is 27.7 Å². The van der Waals surface area contributed by atoms with Crippen LogP contribution in [-0.4, -0.2) is 142 Å². The fourth-order valence-corrected chi connectivity index (χ4v) is 10.3. The molecule has 308 valence electrons. The van der Waals surface area contributed by atoms with Crippen molar-refractivity contribution in [3.05, 3.63) is 0 Å². The average molecular weight is 758 g/mol. The van der Waals surface area contributed by atoms with Crippen LogP contribution < -0.4 is 0 Å². The summed E-state index contributed by atoms with van der Waals surface area (Å²) in [6, 6.07) is -0.129. The Labute approximate surface area is 317 Å². The molecule has 0 aromatic carbocycles. The summed E-state index contributed by atoms with van der Waals surface area (Å²) in [5.74, 6) is -2.64. The van der Waals surface area contributed by atoms with E-state index >= 15 is 0 Å². The van der Waals surface area contributed by atoms with E-state index in [9.17, 15) is 25.2 Å². The third-order valence-electron chi connectivity index (χ3n) is 13.6. The highest BCUT2D eigenvalue weighted by Crippen LogP contribution is 2.48. The lowest BCUT2D eigenvalue weighted by molar-refractivity contribution is -0.319. The molecule has 7 unspecified atom stereocenters. The number of esters is 1. The Morgan fingerprint density at radius 2 is 1.64 bits per heavy atom. The van der Waals surface area contributed by atoms with E-state index in [-0.39, 0.29) is 30.9 Å². The summed E-state index contributed by atoms with van der Waals surface area (Å²) in [6.07, 6.45) is -3.78. The van der Waals surface area contributed by atoms with Crippen LogP contribution in [0.5, 0.6) is 0 Å². The molecular formula is C40H71NO12. The molecule has 0 aliphatic carbocycles. The third kappa shape index (κ3) is 8.66. The summed E-state index contributed by atoms with van der Waals surface area (Å²) >= 11 is 0. The quantitative estimate of drug-likeness (QED) is 0.253. The van der Waals surface area contributed by atoms with Crippen LogP contribution in [0.15, 0.2) is 0 Å². The number of aliphatic hydroxyl groups excluding tert-OH is 3. The zero-order chi connectivity index (χ0) is 39.2. The highest BCUT2D eigenvalue weighted by Gasteiger charge is 2.59. The van der Waals surface area contributed by atoms with Gasteiger partial charge >= 0.3 is 5.97 Å². The number of hydrogen-bond donors (Lipinski definition) is 4. The minimum Gasteiger partial charge on any atom is -0.459 e. The lowest BCUT2D eigenvalue weighted by Gasteiger charge is -2.49. The topological polar surface area (TPSA) is 166 Å². The predicted octanol–water partition coefficient (Wildman–Crippen LogP) is 3.55. The molecule has 0 spiro atoms. The first kappa shape index (κ1) is 43.2. The molecule has 5 aliphatic heterocycles. The van der Waals surface area contributed by atoms with Gasteiger partial charge in [-0.05, 0) is 92.7 Å². The van der Waals surface area contributed by atoms with Crippen LogP contribution in [0, 0.1) is 23.7 Å². The van der Waals surface area contributed by atoms with E-state index in [0.717, 1.165) is 25.9 Å². The van der Waals surface area contributed by atoms with Gasteiger partial charge in [0.25, 0.3) is 0 Å². The van der Waals surface area contributed by atoms with Crippen molar-refractivity contribution < 1.29 is 58.4 Å². The number of nitrogens with zero attached hydrogens (tertiary/aromatic N) is 1.